The van der Waals surface area contributed by atoms with E-state index < -0.39 is 17.6 Å². The maximum atomic E-state index is 12.9. The first-order chi connectivity index (χ1) is 9.35. The normalized spacial score (nSPS) is 27.4. The van der Waals surface area contributed by atoms with Crippen LogP contribution in [0.2, 0.25) is 0 Å². The van der Waals surface area contributed by atoms with Crippen molar-refractivity contribution in [3.8, 4) is 0 Å². The van der Waals surface area contributed by atoms with Crippen molar-refractivity contribution in [3.63, 3.8) is 0 Å². The Morgan fingerprint density at radius 1 is 1.30 bits per heavy atom. The summed E-state index contributed by atoms with van der Waals surface area (Å²) in [5.74, 6) is -1.33. The van der Waals surface area contributed by atoms with Gasteiger partial charge in [-0.15, -0.1) is 0 Å². The minimum Gasteiger partial charge on any atom is -0.394 e. The standard InChI is InChI=1S/C15H20F3NO/c1-11-4-6-13(7-5-11)19-14(10-20)8-2-3-12(9-14)15(16,17)18/h4-7,12,19-20H,2-3,8-10H2,1H3. The Kier molecular flexibility index (Phi) is 4.28. The molecule has 1 fully saturated rings. The van der Waals surface area contributed by atoms with E-state index in [4.69, 9.17) is 0 Å². The van der Waals surface area contributed by atoms with E-state index in [-0.39, 0.29) is 19.4 Å². The molecule has 0 saturated heterocycles. The zero-order chi connectivity index (χ0) is 14.8. The van der Waals surface area contributed by atoms with Crippen LogP contribution in [0.15, 0.2) is 24.3 Å². The van der Waals surface area contributed by atoms with Crippen LogP contribution in [0.5, 0.6) is 0 Å². The van der Waals surface area contributed by atoms with Crippen LogP contribution in [-0.2, 0) is 0 Å². The molecule has 2 unspecified atom stereocenters. The summed E-state index contributed by atoms with van der Waals surface area (Å²) in [6.45, 7) is 1.67. The maximum Gasteiger partial charge on any atom is 0.391 e. The summed E-state index contributed by atoms with van der Waals surface area (Å²) in [6.07, 6.45) is -3.06. The van der Waals surface area contributed by atoms with Crippen molar-refractivity contribution in [3.05, 3.63) is 29.8 Å². The SMILES string of the molecule is Cc1ccc(NC2(CO)CCCC(C(F)(F)F)C2)cc1. The van der Waals surface area contributed by atoms with Crippen molar-refractivity contribution < 1.29 is 18.3 Å². The quantitative estimate of drug-likeness (QED) is 0.884. The molecule has 1 saturated carbocycles. The minimum absolute atomic E-state index is 0.0686. The second kappa shape index (κ2) is 5.64. The number of alkyl halides is 3. The highest BCUT2D eigenvalue weighted by Crippen LogP contribution is 2.42. The number of aliphatic hydroxyl groups excluding tert-OH is 1. The minimum atomic E-state index is -4.18. The maximum absolute atomic E-state index is 12.9. The van der Waals surface area contributed by atoms with E-state index in [1.54, 1.807) is 0 Å². The van der Waals surface area contributed by atoms with E-state index in [1.807, 2.05) is 31.2 Å². The monoisotopic (exact) mass is 287 g/mol. The number of aliphatic hydroxyl groups is 1. The average molecular weight is 287 g/mol. The number of rotatable bonds is 3. The Morgan fingerprint density at radius 3 is 2.50 bits per heavy atom. The van der Waals surface area contributed by atoms with Crippen molar-refractivity contribution in [1.29, 1.82) is 0 Å². The van der Waals surface area contributed by atoms with Gasteiger partial charge in [0.2, 0.25) is 0 Å². The number of benzene rings is 1. The smallest absolute Gasteiger partial charge is 0.391 e. The molecule has 0 aromatic heterocycles. The van der Waals surface area contributed by atoms with Crippen LogP contribution in [0, 0.1) is 12.8 Å². The summed E-state index contributed by atoms with van der Waals surface area (Å²) in [4.78, 5) is 0. The van der Waals surface area contributed by atoms with E-state index in [9.17, 15) is 18.3 Å². The van der Waals surface area contributed by atoms with Gasteiger partial charge in [-0.25, -0.2) is 0 Å². The van der Waals surface area contributed by atoms with Gasteiger partial charge in [-0.3, -0.25) is 0 Å². The molecule has 0 radical (unpaired) electrons. The fraction of sp³-hybridized carbons (Fsp3) is 0.600. The van der Waals surface area contributed by atoms with Gasteiger partial charge in [-0.1, -0.05) is 24.1 Å². The van der Waals surface area contributed by atoms with Gasteiger partial charge in [0.1, 0.15) is 0 Å². The molecule has 5 heteroatoms. The molecular formula is C15H20F3NO. The highest BCUT2D eigenvalue weighted by Gasteiger charge is 2.47. The van der Waals surface area contributed by atoms with E-state index in [0.717, 1.165) is 11.3 Å². The van der Waals surface area contributed by atoms with Crippen LogP contribution < -0.4 is 5.32 Å². The third-order valence-electron chi connectivity index (χ3n) is 4.07. The average Bonchev–Trinajstić information content (AvgIpc) is 2.41. The molecule has 0 spiro atoms. The number of anilines is 1. The number of hydrogen-bond acceptors (Lipinski definition) is 2. The van der Waals surface area contributed by atoms with Crippen molar-refractivity contribution in [1.82, 2.24) is 0 Å². The highest BCUT2D eigenvalue weighted by molar-refractivity contribution is 5.47. The first-order valence-electron chi connectivity index (χ1n) is 6.87. The molecule has 20 heavy (non-hydrogen) atoms. The van der Waals surface area contributed by atoms with Crippen molar-refractivity contribution in [2.45, 2.75) is 44.3 Å². The van der Waals surface area contributed by atoms with Gasteiger partial charge in [-0.05, 0) is 38.3 Å². The van der Waals surface area contributed by atoms with Crippen LogP contribution in [0.25, 0.3) is 0 Å². The van der Waals surface area contributed by atoms with Gasteiger partial charge in [-0.2, -0.15) is 13.2 Å². The van der Waals surface area contributed by atoms with Crippen LogP contribution in [0.1, 0.15) is 31.2 Å². The van der Waals surface area contributed by atoms with Gasteiger partial charge in [0.05, 0.1) is 18.1 Å². The Bertz CT molecular complexity index is 443. The summed E-state index contributed by atoms with van der Waals surface area (Å²) in [5.41, 5.74) is 0.978. The van der Waals surface area contributed by atoms with Crippen molar-refractivity contribution >= 4 is 5.69 Å². The molecule has 1 aromatic carbocycles. The Labute approximate surface area is 117 Å². The van der Waals surface area contributed by atoms with Gasteiger partial charge < -0.3 is 10.4 Å². The lowest BCUT2D eigenvalue weighted by Gasteiger charge is -2.41. The Morgan fingerprint density at radius 2 is 1.95 bits per heavy atom. The lowest BCUT2D eigenvalue weighted by atomic mass is 9.75. The molecule has 1 aromatic rings. The molecule has 112 valence electrons. The lowest BCUT2D eigenvalue weighted by molar-refractivity contribution is -0.187. The van der Waals surface area contributed by atoms with Gasteiger partial charge in [0.25, 0.3) is 0 Å². The fourth-order valence-electron chi connectivity index (χ4n) is 2.88. The number of aryl methyl sites for hydroxylation is 1. The zero-order valence-electron chi connectivity index (χ0n) is 11.5. The Hall–Kier alpha value is -1.23. The van der Waals surface area contributed by atoms with Gasteiger partial charge >= 0.3 is 6.18 Å². The topological polar surface area (TPSA) is 32.3 Å². The van der Waals surface area contributed by atoms with Crippen LogP contribution in [0.4, 0.5) is 18.9 Å². The molecule has 1 aliphatic rings. The number of hydrogen-bond donors (Lipinski definition) is 2. The first-order valence-corrected chi connectivity index (χ1v) is 6.87. The van der Waals surface area contributed by atoms with Crippen molar-refractivity contribution in [2.24, 2.45) is 5.92 Å². The zero-order valence-corrected chi connectivity index (χ0v) is 11.5. The third-order valence-corrected chi connectivity index (χ3v) is 4.07. The second-order valence-electron chi connectivity index (χ2n) is 5.76. The molecule has 0 heterocycles. The van der Waals surface area contributed by atoms with Gasteiger partial charge in [0.15, 0.2) is 0 Å². The van der Waals surface area contributed by atoms with Crippen LogP contribution in [0.3, 0.4) is 0 Å². The predicted molar refractivity (Wildman–Crippen MR) is 72.6 cm³/mol. The molecular weight excluding hydrogens is 267 g/mol. The number of nitrogens with one attached hydrogen (secondary N) is 1. The number of halogens is 3. The summed E-state index contributed by atoms with van der Waals surface area (Å²) in [6, 6.07) is 7.48. The first kappa shape index (κ1) is 15.2. The van der Waals surface area contributed by atoms with Crippen LogP contribution >= 0.6 is 0 Å². The predicted octanol–water partition coefficient (Wildman–Crippen LogP) is 3.89. The van der Waals surface area contributed by atoms with E-state index in [1.165, 1.54) is 0 Å². The van der Waals surface area contributed by atoms with Gasteiger partial charge in [0, 0.05) is 5.69 Å². The molecule has 0 aliphatic heterocycles. The fourth-order valence-corrected chi connectivity index (χ4v) is 2.88. The van der Waals surface area contributed by atoms with E-state index >= 15 is 0 Å². The lowest BCUT2D eigenvalue weighted by Crippen LogP contribution is -2.48. The summed E-state index contributed by atoms with van der Waals surface area (Å²) in [5, 5.41) is 12.7. The largest absolute Gasteiger partial charge is 0.394 e. The Balaban J connectivity index is 2.14. The van der Waals surface area contributed by atoms with Crippen molar-refractivity contribution in [2.75, 3.05) is 11.9 Å². The summed E-state index contributed by atoms with van der Waals surface area (Å²) in [7, 11) is 0. The molecule has 2 nitrogen and oxygen atoms in total. The highest BCUT2D eigenvalue weighted by atomic mass is 19.4. The molecule has 1 aliphatic carbocycles. The molecule has 2 rings (SSSR count). The second-order valence-corrected chi connectivity index (χ2v) is 5.76. The summed E-state index contributed by atoms with van der Waals surface area (Å²) >= 11 is 0. The van der Waals surface area contributed by atoms with E-state index in [0.29, 0.717) is 12.8 Å². The molecule has 0 amide bonds. The molecule has 2 atom stereocenters. The van der Waals surface area contributed by atoms with Crippen LogP contribution in [-0.4, -0.2) is 23.4 Å². The van der Waals surface area contributed by atoms with E-state index in [2.05, 4.69) is 5.32 Å². The molecule has 0 bridgehead atoms. The summed E-state index contributed by atoms with van der Waals surface area (Å²) < 4.78 is 38.7. The molecule has 2 N–H and O–H groups in total. The third kappa shape index (κ3) is 3.45.